The van der Waals surface area contributed by atoms with Crippen molar-refractivity contribution in [2.24, 2.45) is 0 Å². The SMILES string of the molecule is CCCCC(NC(=O)Nc1nc(CC)c(C)s1)C(=O)O. The molecule has 20 heavy (non-hydrogen) atoms. The first-order valence-corrected chi connectivity index (χ1v) is 7.56. The minimum Gasteiger partial charge on any atom is -0.480 e. The third kappa shape index (κ3) is 4.80. The highest BCUT2D eigenvalue weighted by molar-refractivity contribution is 7.15. The Kier molecular flexibility index (Phi) is 6.44. The van der Waals surface area contributed by atoms with Crippen LogP contribution in [0.4, 0.5) is 9.93 Å². The lowest BCUT2D eigenvalue weighted by Gasteiger charge is -2.13. The predicted octanol–water partition coefficient (Wildman–Crippen LogP) is 2.78. The molecule has 0 bridgehead atoms. The van der Waals surface area contributed by atoms with Crippen molar-refractivity contribution in [3.63, 3.8) is 0 Å². The number of amides is 2. The zero-order chi connectivity index (χ0) is 15.1. The van der Waals surface area contributed by atoms with Crippen LogP contribution in [0, 0.1) is 6.92 Å². The van der Waals surface area contributed by atoms with Crippen molar-refractivity contribution in [1.29, 1.82) is 0 Å². The molecule has 1 unspecified atom stereocenters. The highest BCUT2D eigenvalue weighted by atomic mass is 32.1. The molecule has 1 aromatic rings. The number of hydrogen-bond acceptors (Lipinski definition) is 4. The Morgan fingerprint density at radius 2 is 2.10 bits per heavy atom. The molecule has 1 heterocycles. The third-order valence-electron chi connectivity index (χ3n) is 2.90. The molecule has 7 heteroatoms. The molecule has 3 N–H and O–H groups in total. The number of nitrogens with zero attached hydrogens (tertiary/aromatic N) is 1. The van der Waals surface area contributed by atoms with Gasteiger partial charge in [0, 0.05) is 4.88 Å². The van der Waals surface area contributed by atoms with Crippen molar-refractivity contribution in [1.82, 2.24) is 10.3 Å². The molecule has 1 rings (SSSR count). The summed E-state index contributed by atoms with van der Waals surface area (Å²) in [5, 5.41) is 14.6. The summed E-state index contributed by atoms with van der Waals surface area (Å²) in [7, 11) is 0. The quantitative estimate of drug-likeness (QED) is 0.722. The molecule has 0 saturated carbocycles. The number of carboxylic acids is 1. The Bertz CT molecular complexity index is 473. The summed E-state index contributed by atoms with van der Waals surface area (Å²) in [5.41, 5.74) is 0.950. The van der Waals surface area contributed by atoms with E-state index in [1.165, 1.54) is 11.3 Å². The number of rotatable bonds is 7. The van der Waals surface area contributed by atoms with Crippen molar-refractivity contribution in [2.45, 2.75) is 52.5 Å². The molecular formula is C13H21N3O3S. The van der Waals surface area contributed by atoms with Gasteiger partial charge in [0.1, 0.15) is 6.04 Å². The smallest absolute Gasteiger partial charge is 0.326 e. The standard InChI is InChI=1S/C13H21N3O3S/c1-4-6-7-10(11(17)18)14-12(19)16-13-15-9(5-2)8(3)20-13/h10H,4-7H2,1-3H3,(H,17,18)(H2,14,15,16,19). The van der Waals surface area contributed by atoms with Crippen LogP contribution < -0.4 is 10.6 Å². The van der Waals surface area contributed by atoms with Gasteiger partial charge >= 0.3 is 12.0 Å². The molecule has 112 valence electrons. The van der Waals surface area contributed by atoms with E-state index in [9.17, 15) is 9.59 Å². The molecule has 0 aliphatic carbocycles. The Labute approximate surface area is 122 Å². The maximum absolute atomic E-state index is 11.8. The number of nitrogens with one attached hydrogen (secondary N) is 2. The number of aryl methyl sites for hydroxylation is 2. The van der Waals surface area contributed by atoms with Crippen LogP contribution in [0.3, 0.4) is 0 Å². The minimum absolute atomic E-state index is 0.427. The Morgan fingerprint density at radius 3 is 2.60 bits per heavy atom. The molecule has 2 amide bonds. The van der Waals surface area contributed by atoms with E-state index >= 15 is 0 Å². The molecule has 6 nitrogen and oxygen atoms in total. The number of hydrogen-bond donors (Lipinski definition) is 3. The second-order valence-electron chi connectivity index (χ2n) is 4.51. The summed E-state index contributed by atoms with van der Waals surface area (Å²) in [6.45, 7) is 5.92. The third-order valence-corrected chi connectivity index (χ3v) is 3.83. The number of unbranched alkanes of at least 4 members (excludes halogenated alkanes) is 1. The number of thiazole rings is 1. The number of carboxylic acid groups (broad SMARTS) is 1. The highest BCUT2D eigenvalue weighted by Crippen LogP contribution is 2.22. The fourth-order valence-corrected chi connectivity index (χ4v) is 2.66. The summed E-state index contributed by atoms with van der Waals surface area (Å²) >= 11 is 1.39. The number of carbonyl (C=O) groups excluding carboxylic acids is 1. The first-order chi connectivity index (χ1) is 9.47. The zero-order valence-electron chi connectivity index (χ0n) is 12.0. The Morgan fingerprint density at radius 1 is 1.40 bits per heavy atom. The average Bonchev–Trinajstić information content (AvgIpc) is 2.74. The van der Waals surface area contributed by atoms with Crippen LogP contribution >= 0.6 is 11.3 Å². The van der Waals surface area contributed by atoms with E-state index in [0.29, 0.717) is 11.6 Å². The number of carbonyl (C=O) groups is 2. The Hall–Kier alpha value is -1.63. The van der Waals surface area contributed by atoms with E-state index in [-0.39, 0.29) is 0 Å². The Balaban J connectivity index is 2.58. The van der Waals surface area contributed by atoms with Crippen LogP contribution in [0.5, 0.6) is 0 Å². The van der Waals surface area contributed by atoms with Crippen molar-refractivity contribution >= 4 is 28.5 Å². The van der Waals surface area contributed by atoms with Gasteiger partial charge in [-0.05, 0) is 19.8 Å². The van der Waals surface area contributed by atoms with Crippen LogP contribution in [0.2, 0.25) is 0 Å². The molecule has 0 radical (unpaired) electrons. The van der Waals surface area contributed by atoms with Gasteiger partial charge in [-0.1, -0.05) is 26.7 Å². The van der Waals surface area contributed by atoms with E-state index in [1.54, 1.807) is 0 Å². The number of aromatic nitrogens is 1. The zero-order valence-corrected chi connectivity index (χ0v) is 12.8. The lowest BCUT2D eigenvalue weighted by atomic mass is 10.1. The van der Waals surface area contributed by atoms with Crippen LogP contribution in [-0.4, -0.2) is 28.1 Å². The summed E-state index contributed by atoms with van der Waals surface area (Å²) in [6.07, 6.45) is 2.88. The van der Waals surface area contributed by atoms with Gasteiger partial charge in [-0.15, -0.1) is 11.3 Å². The fraction of sp³-hybridized carbons (Fsp3) is 0.615. The van der Waals surface area contributed by atoms with Gasteiger partial charge in [0.15, 0.2) is 5.13 Å². The summed E-state index contributed by atoms with van der Waals surface area (Å²) in [4.78, 5) is 28.2. The molecule has 0 aliphatic heterocycles. The topological polar surface area (TPSA) is 91.3 Å². The number of anilines is 1. The molecule has 1 aromatic heterocycles. The highest BCUT2D eigenvalue weighted by Gasteiger charge is 2.19. The van der Waals surface area contributed by atoms with Crippen molar-refractivity contribution < 1.29 is 14.7 Å². The van der Waals surface area contributed by atoms with Crippen molar-refractivity contribution in [2.75, 3.05) is 5.32 Å². The summed E-state index contributed by atoms with van der Waals surface area (Å²) < 4.78 is 0. The van der Waals surface area contributed by atoms with E-state index < -0.39 is 18.0 Å². The van der Waals surface area contributed by atoms with Gasteiger partial charge in [-0.25, -0.2) is 14.6 Å². The molecule has 0 aliphatic rings. The number of aliphatic carboxylic acids is 1. The van der Waals surface area contributed by atoms with Crippen molar-refractivity contribution in [3.8, 4) is 0 Å². The van der Waals surface area contributed by atoms with E-state index in [4.69, 9.17) is 5.11 Å². The first kappa shape index (κ1) is 16.4. The van der Waals surface area contributed by atoms with Gasteiger partial charge in [0.25, 0.3) is 0 Å². The molecule has 0 spiro atoms. The lowest BCUT2D eigenvalue weighted by Crippen LogP contribution is -2.42. The van der Waals surface area contributed by atoms with Gasteiger partial charge in [-0.3, -0.25) is 5.32 Å². The summed E-state index contributed by atoms with van der Waals surface area (Å²) in [6, 6.07) is -1.38. The fourth-order valence-electron chi connectivity index (χ4n) is 1.77. The van der Waals surface area contributed by atoms with Crippen LogP contribution in [-0.2, 0) is 11.2 Å². The van der Waals surface area contributed by atoms with Crippen molar-refractivity contribution in [3.05, 3.63) is 10.6 Å². The molecule has 0 aromatic carbocycles. The van der Waals surface area contributed by atoms with Crippen LogP contribution in [0.25, 0.3) is 0 Å². The second-order valence-corrected chi connectivity index (χ2v) is 5.71. The van der Waals surface area contributed by atoms with Gasteiger partial charge < -0.3 is 10.4 Å². The normalized spacial score (nSPS) is 11.9. The molecule has 1 atom stereocenters. The average molecular weight is 299 g/mol. The van der Waals surface area contributed by atoms with Crippen LogP contribution in [0.1, 0.15) is 43.7 Å². The first-order valence-electron chi connectivity index (χ1n) is 6.74. The maximum Gasteiger partial charge on any atom is 0.326 e. The van der Waals surface area contributed by atoms with Gasteiger partial charge in [0.05, 0.1) is 5.69 Å². The van der Waals surface area contributed by atoms with E-state index in [0.717, 1.165) is 29.8 Å². The second kappa shape index (κ2) is 7.84. The molecular weight excluding hydrogens is 278 g/mol. The van der Waals surface area contributed by atoms with E-state index in [1.807, 2.05) is 20.8 Å². The number of urea groups is 1. The van der Waals surface area contributed by atoms with E-state index in [2.05, 4.69) is 15.6 Å². The summed E-state index contributed by atoms with van der Waals surface area (Å²) in [5.74, 6) is -1.02. The predicted molar refractivity (Wildman–Crippen MR) is 79.3 cm³/mol. The van der Waals surface area contributed by atoms with Gasteiger partial charge in [0.2, 0.25) is 0 Å². The van der Waals surface area contributed by atoms with Gasteiger partial charge in [-0.2, -0.15) is 0 Å². The van der Waals surface area contributed by atoms with Crippen LogP contribution in [0.15, 0.2) is 0 Å². The minimum atomic E-state index is -1.02. The monoisotopic (exact) mass is 299 g/mol. The largest absolute Gasteiger partial charge is 0.480 e. The lowest BCUT2D eigenvalue weighted by molar-refractivity contribution is -0.139. The molecule has 0 saturated heterocycles. The maximum atomic E-state index is 11.8. The molecule has 0 fully saturated rings.